The number of carboxylic acid groups (broad SMARTS) is 1. The van der Waals surface area contributed by atoms with Gasteiger partial charge in [0.2, 0.25) is 0 Å². The van der Waals surface area contributed by atoms with Gasteiger partial charge in [-0.25, -0.2) is 0 Å². The molecule has 94 valence electrons. The summed E-state index contributed by atoms with van der Waals surface area (Å²) in [6, 6.07) is 1.44. The molecule has 1 N–H and O–H groups in total. The molecule has 0 aliphatic carbocycles. The normalized spacial score (nSPS) is 20.2. The third-order valence-electron chi connectivity index (χ3n) is 3.03. The van der Waals surface area contributed by atoms with Crippen molar-refractivity contribution in [2.24, 2.45) is 0 Å². The standard InChI is InChI=1S/C12H17NO3S/c1-2-16-7-6-13-5-3-10-9(4-8-17-10)11(13)12(14)15/h4,8,11H,2-3,5-7H2,1H3,(H,14,15). The first kappa shape index (κ1) is 12.5. The number of ether oxygens (including phenoxy) is 1. The van der Waals surface area contributed by atoms with Crippen LogP contribution in [0.1, 0.15) is 23.4 Å². The fourth-order valence-corrected chi connectivity index (χ4v) is 3.13. The summed E-state index contributed by atoms with van der Waals surface area (Å²) in [6.07, 6.45) is 0.947. The van der Waals surface area contributed by atoms with Crippen LogP contribution in [0, 0.1) is 0 Å². The van der Waals surface area contributed by atoms with Crippen LogP contribution in [0.25, 0.3) is 0 Å². The lowest BCUT2D eigenvalue weighted by Crippen LogP contribution is -2.40. The second kappa shape index (κ2) is 5.62. The van der Waals surface area contributed by atoms with Crippen molar-refractivity contribution < 1.29 is 14.6 Å². The summed E-state index contributed by atoms with van der Waals surface area (Å²) >= 11 is 1.66. The molecule has 0 saturated carbocycles. The number of rotatable bonds is 5. The van der Waals surface area contributed by atoms with E-state index in [-0.39, 0.29) is 0 Å². The Labute approximate surface area is 105 Å². The van der Waals surface area contributed by atoms with Crippen LogP contribution in [0.2, 0.25) is 0 Å². The number of carboxylic acids is 1. The smallest absolute Gasteiger partial charge is 0.325 e. The van der Waals surface area contributed by atoms with Crippen LogP contribution in [-0.2, 0) is 16.0 Å². The molecule has 0 fully saturated rings. The van der Waals surface area contributed by atoms with E-state index in [4.69, 9.17) is 4.74 Å². The predicted octanol–water partition coefficient (Wildman–Crippen LogP) is 1.77. The first-order valence-corrected chi connectivity index (χ1v) is 6.73. The SMILES string of the molecule is CCOCCN1CCc2sccc2C1C(=O)O. The topological polar surface area (TPSA) is 49.8 Å². The minimum atomic E-state index is -0.763. The summed E-state index contributed by atoms with van der Waals surface area (Å²) < 4.78 is 5.30. The van der Waals surface area contributed by atoms with Gasteiger partial charge in [0.15, 0.2) is 0 Å². The summed E-state index contributed by atoms with van der Waals surface area (Å²) in [6.45, 7) is 4.70. The minimum absolute atomic E-state index is 0.495. The lowest BCUT2D eigenvalue weighted by atomic mass is 10.0. The number of fused-ring (bicyclic) bond motifs is 1. The molecule has 0 amide bonds. The molecule has 2 heterocycles. The number of nitrogens with zero attached hydrogens (tertiary/aromatic N) is 1. The molecule has 1 aliphatic heterocycles. The van der Waals surface area contributed by atoms with E-state index < -0.39 is 12.0 Å². The highest BCUT2D eigenvalue weighted by atomic mass is 32.1. The number of hydrogen-bond donors (Lipinski definition) is 1. The fourth-order valence-electron chi connectivity index (χ4n) is 2.22. The van der Waals surface area contributed by atoms with Gasteiger partial charge in [-0.15, -0.1) is 11.3 Å². The fraction of sp³-hybridized carbons (Fsp3) is 0.583. The lowest BCUT2D eigenvalue weighted by molar-refractivity contribution is -0.144. The molecule has 1 aromatic rings. The highest BCUT2D eigenvalue weighted by molar-refractivity contribution is 7.10. The molecule has 0 bridgehead atoms. The molecule has 2 rings (SSSR count). The van der Waals surface area contributed by atoms with Crippen LogP contribution in [0.15, 0.2) is 11.4 Å². The van der Waals surface area contributed by atoms with Crippen molar-refractivity contribution in [3.8, 4) is 0 Å². The molecule has 0 spiro atoms. The van der Waals surface area contributed by atoms with Gasteiger partial charge in [-0.2, -0.15) is 0 Å². The second-order valence-corrected chi connectivity index (χ2v) is 5.02. The van der Waals surface area contributed by atoms with Crippen molar-refractivity contribution in [1.29, 1.82) is 0 Å². The van der Waals surface area contributed by atoms with E-state index in [0.29, 0.717) is 19.8 Å². The Bertz CT molecular complexity index is 391. The zero-order chi connectivity index (χ0) is 12.3. The van der Waals surface area contributed by atoms with Gasteiger partial charge < -0.3 is 9.84 Å². The third-order valence-corrected chi connectivity index (χ3v) is 4.02. The summed E-state index contributed by atoms with van der Waals surface area (Å²) in [4.78, 5) is 14.6. The Morgan fingerprint density at radius 2 is 2.53 bits per heavy atom. The molecular weight excluding hydrogens is 238 g/mol. The molecule has 1 atom stereocenters. The quantitative estimate of drug-likeness (QED) is 0.815. The van der Waals surface area contributed by atoms with Gasteiger partial charge in [-0.3, -0.25) is 9.69 Å². The first-order valence-electron chi connectivity index (χ1n) is 5.85. The Morgan fingerprint density at radius 1 is 1.71 bits per heavy atom. The molecule has 17 heavy (non-hydrogen) atoms. The van der Waals surface area contributed by atoms with Gasteiger partial charge in [0, 0.05) is 24.6 Å². The maximum atomic E-state index is 11.4. The van der Waals surface area contributed by atoms with Crippen molar-refractivity contribution in [3.63, 3.8) is 0 Å². The van der Waals surface area contributed by atoms with Crippen LogP contribution in [-0.4, -0.2) is 42.3 Å². The molecule has 0 radical (unpaired) electrons. The molecule has 1 aromatic heterocycles. The van der Waals surface area contributed by atoms with E-state index in [0.717, 1.165) is 18.5 Å². The van der Waals surface area contributed by atoms with E-state index in [1.807, 2.05) is 23.3 Å². The zero-order valence-electron chi connectivity index (χ0n) is 9.89. The van der Waals surface area contributed by atoms with Gasteiger partial charge in [0.05, 0.1) is 6.61 Å². The molecule has 1 unspecified atom stereocenters. The molecule has 4 nitrogen and oxygen atoms in total. The molecule has 0 saturated heterocycles. The Kier molecular flexibility index (Phi) is 4.15. The largest absolute Gasteiger partial charge is 0.480 e. The maximum absolute atomic E-state index is 11.4. The van der Waals surface area contributed by atoms with Crippen LogP contribution in [0.4, 0.5) is 0 Å². The predicted molar refractivity (Wildman–Crippen MR) is 66.5 cm³/mol. The highest BCUT2D eigenvalue weighted by Gasteiger charge is 2.33. The molecular formula is C12H17NO3S. The first-order chi connectivity index (χ1) is 8.24. The summed E-state index contributed by atoms with van der Waals surface area (Å²) in [5.41, 5.74) is 0.963. The highest BCUT2D eigenvalue weighted by Crippen LogP contribution is 2.33. The van der Waals surface area contributed by atoms with E-state index in [1.165, 1.54) is 4.88 Å². The van der Waals surface area contributed by atoms with Gasteiger partial charge in [-0.05, 0) is 30.4 Å². The Morgan fingerprint density at radius 3 is 3.24 bits per heavy atom. The summed E-state index contributed by atoms with van der Waals surface area (Å²) in [7, 11) is 0. The van der Waals surface area contributed by atoms with E-state index in [9.17, 15) is 9.90 Å². The zero-order valence-corrected chi connectivity index (χ0v) is 10.7. The number of hydrogen-bond acceptors (Lipinski definition) is 4. The van der Waals surface area contributed by atoms with Crippen molar-refractivity contribution in [2.75, 3.05) is 26.3 Å². The number of carbonyl (C=O) groups is 1. The third kappa shape index (κ3) is 2.68. The Balaban J connectivity index is 2.10. The van der Waals surface area contributed by atoms with E-state index >= 15 is 0 Å². The second-order valence-electron chi connectivity index (χ2n) is 4.02. The van der Waals surface area contributed by atoms with E-state index in [1.54, 1.807) is 11.3 Å². The van der Waals surface area contributed by atoms with Gasteiger partial charge in [0.1, 0.15) is 6.04 Å². The maximum Gasteiger partial charge on any atom is 0.325 e. The van der Waals surface area contributed by atoms with Crippen LogP contribution >= 0.6 is 11.3 Å². The van der Waals surface area contributed by atoms with Crippen LogP contribution in [0.5, 0.6) is 0 Å². The van der Waals surface area contributed by atoms with Crippen molar-refractivity contribution in [3.05, 3.63) is 21.9 Å². The monoisotopic (exact) mass is 255 g/mol. The van der Waals surface area contributed by atoms with Crippen molar-refractivity contribution >= 4 is 17.3 Å². The van der Waals surface area contributed by atoms with Gasteiger partial charge >= 0.3 is 5.97 Å². The minimum Gasteiger partial charge on any atom is -0.480 e. The van der Waals surface area contributed by atoms with E-state index in [2.05, 4.69) is 0 Å². The lowest BCUT2D eigenvalue weighted by Gasteiger charge is -2.32. The van der Waals surface area contributed by atoms with Crippen LogP contribution in [0.3, 0.4) is 0 Å². The van der Waals surface area contributed by atoms with Crippen molar-refractivity contribution in [1.82, 2.24) is 4.90 Å². The average molecular weight is 255 g/mol. The van der Waals surface area contributed by atoms with Gasteiger partial charge in [0.25, 0.3) is 0 Å². The number of aliphatic carboxylic acids is 1. The van der Waals surface area contributed by atoms with Crippen LogP contribution < -0.4 is 0 Å². The van der Waals surface area contributed by atoms with Gasteiger partial charge in [-0.1, -0.05) is 0 Å². The molecule has 0 aromatic carbocycles. The average Bonchev–Trinajstić information content (AvgIpc) is 2.76. The number of thiophene rings is 1. The van der Waals surface area contributed by atoms with Crippen molar-refractivity contribution in [2.45, 2.75) is 19.4 Å². The Hall–Kier alpha value is -0.910. The molecule has 5 heteroatoms. The molecule has 1 aliphatic rings. The summed E-state index contributed by atoms with van der Waals surface area (Å²) in [5, 5.41) is 11.3. The summed E-state index contributed by atoms with van der Waals surface area (Å²) in [5.74, 6) is -0.763.